The number of hydrogen-bond acceptors (Lipinski definition) is 26. The summed E-state index contributed by atoms with van der Waals surface area (Å²) in [6.45, 7) is 2.52. The molecule has 4 unspecified atom stereocenters. The van der Waals surface area contributed by atoms with Crippen molar-refractivity contribution in [2.75, 3.05) is 96.6 Å². The van der Waals surface area contributed by atoms with Crippen molar-refractivity contribution >= 4 is 116 Å². The quantitative estimate of drug-likeness (QED) is 0.0151. The number of carboxylic acid groups (broad SMARTS) is 5. The normalized spacial score (nSPS) is 20.2. The van der Waals surface area contributed by atoms with Gasteiger partial charge in [-0.1, -0.05) is 112 Å². The standard InChI is InChI=1S/C80H106N18O22S2/c1-47(99)69-78(116)89-63(77(115)91-70(48(2)100)79(117)118)46-122-121-45-62(76(114)86-59(38-50-16-22-54(101)23-17-50)74(112)87-60(39-53-40-83-56-14-7-6-13-55(53)56)75(113)85-57(72(110)90-69)15-8-9-26-81)88-73(111)58(37-49-11-4-3-5-12-49)84-65(103)25-24-64(102)82-27-10-28-98-41-61(92-93-98)51-18-20-52(21-19-51)71(80(119)120)97-35-33-95(43-67(106)107)31-29-94(42-66(104)105)30-32-96(34-36-97)44-68(108)109/h3-7,11-14,16-23,40-41,47-48,57-60,62-63,69-71,83,99-101H,8-10,15,24-39,42-46,81H2,1-2H3,(H,82,102)(H,84,103)(H,85,113)(H,86,114)(H,87,112)(H,88,111)(H,89,116)(H,90,110)(H,91,115)(H,104,105)(H,106,107)(H,108,109)(H,117,118)(H,119,120)/t47-,48-,57+,58-,59?,60-,62+,63?,69?,70+,71?/m1/s1. The molecule has 2 aromatic heterocycles. The lowest BCUT2D eigenvalue weighted by molar-refractivity contribution is -0.145. The number of carbonyl (C=O) groups excluding carboxylic acids is 9. The SMILES string of the molecule is C[C@@H](O)C1NC(=O)[C@H](CCCCN)NC(=O)[C@@H](Cc2c[nH]c3ccccc23)NC(=O)C(Cc2ccc(O)cc2)NC(=O)[C@@H](NC(=O)[C@@H](Cc2ccccc2)NC(=O)CCC(=O)NCCCn2cc(-c3ccc(C(C(=O)O)N4CCN(CC(=O)O)CCN(CC(=O)O)CCN(CC(=O)O)CC4)cc3)nn2)CSSCC(C(=O)N[C@H](C(=O)O)[C@@H](C)O)NC1=O. The third-order valence-electron chi connectivity index (χ3n) is 20.3. The molecule has 2 aliphatic rings. The number of carboxylic acids is 5. The number of aromatic amines is 1. The molecule has 8 rings (SSSR count). The lowest BCUT2D eigenvalue weighted by Gasteiger charge is -2.35. The highest BCUT2D eigenvalue weighted by Crippen LogP contribution is 2.28. The first-order valence-electron chi connectivity index (χ1n) is 39.7. The number of nitrogens with two attached hydrogens (primary N) is 1. The number of para-hydroxylation sites is 1. The van der Waals surface area contributed by atoms with Gasteiger partial charge in [0, 0.05) is 132 Å². The number of aliphatic hydroxyl groups is 2. The molecular weight excluding hydrogens is 1630 g/mol. The number of fused-ring (bicyclic) bond motifs is 1. The van der Waals surface area contributed by atoms with Gasteiger partial charge in [-0.3, -0.25) is 86.6 Å². The largest absolute Gasteiger partial charge is 0.508 e. The van der Waals surface area contributed by atoms with Crippen LogP contribution in [0.25, 0.3) is 22.2 Å². The number of aromatic nitrogens is 4. The molecule has 11 atom stereocenters. The van der Waals surface area contributed by atoms with E-state index in [0.29, 0.717) is 57.3 Å². The molecule has 2 fully saturated rings. The van der Waals surface area contributed by atoms with E-state index in [9.17, 15) is 93.6 Å². The van der Waals surface area contributed by atoms with Crippen LogP contribution < -0.4 is 53.6 Å². The van der Waals surface area contributed by atoms with Crippen LogP contribution >= 0.6 is 21.6 Å². The Balaban J connectivity index is 0.980. The summed E-state index contributed by atoms with van der Waals surface area (Å²) < 4.78 is 1.52. The van der Waals surface area contributed by atoms with Gasteiger partial charge in [0.25, 0.3) is 0 Å². The fourth-order valence-electron chi connectivity index (χ4n) is 13.7. The summed E-state index contributed by atoms with van der Waals surface area (Å²) in [5.74, 6) is -15.7. The number of nitrogens with one attached hydrogen (secondary N) is 10. The minimum Gasteiger partial charge on any atom is -0.508 e. The van der Waals surface area contributed by atoms with Gasteiger partial charge in [-0.2, -0.15) is 0 Å². The second-order valence-corrected chi connectivity index (χ2v) is 32.2. The first kappa shape index (κ1) is 95.8. The number of hydrogen-bond donors (Lipinski definition) is 19. The Kier molecular flexibility index (Phi) is 37.8. The fourth-order valence-corrected chi connectivity index (χ4v) is 16.0. The first-order valence-corrected chi connectivity index (χ1v) is 42.2. The number of rotatable bonds is 35. The number of H-pyrrole nitrogens is 1. The van der Waals surface area contributed by atoms with Crippen LogP contribution in [0.4, 0.5) is 0 Å². The van der Waals surface area contributed by atoms with Crippen molar-refractivity contribution in [2.45, 2.75) is 145 Å². The van der Waals surface area contributed by atoms with E-state index in [0.717, 1.165) is 35.4 Å². The maximum absolute atomic E-state index is 15.3. The molecular formula is C80H106N18O22S2. The van der Waals surface area contributed by atoms with Gasteiger partial charge in [-0.15, -0.1) is 5.10 Å². The van der Waals surface area contributed by atoms with Crippen LogP contribution in [0.3, 0.4) is 0 Å². The molecule has 9 amide bonds. The van der Waals surface area contributed by atoms with Crippen LogP contribution in [-0.2, 0) is 92.9 Å². The van der Waals surface area contributed by atoms with Crippen molar-refractivity contribution in [1.82, 2.24) is 87.4 Å². The fraction of sp³-hybridized carbons (Fsp3) is 0.475. The molecule has 0 spiro atoms. The van der Waals surface area contributed by atoms with E-state index in [2.05, 4.69) is 63.1 Å². The first-order chi connectivity index (χ1) is 58.3. The molecule has 0 saturated carbocycles. The molecule has 0 bridgehead atoms. The zero-order valence-corrected chi connectivity index (χ0v) is 68.9. The van der Waals surface area contributed by atoms with Crippen molar-refractivity contribution in [1.29, 1.82) is 0 Å². The Hall–Kier alpha value is -11.6. The third kappa shape index (κ3) is 30.8. The van der Waals surface area contributed by atoms with Gasteiger partial charge in [0.05, 0.1) is 38.0 Å². The van der Waals surface area contributed by atoms with E-state index in [1.165, 1.54) is 28.9 Å². The van der Waals surface area contributed by atoms with Crippen LogP contribution in [0.2, 0.25) is 0 Å². The van der Waals surface area contributed by atoms with E-state index >= 15 is 14.4 Å². The van der Waals surface area contributed by atoms with Gasteiger partial charge in [0.1, 0.15) is 59.8 Å². The Morgan fingerprint density at radius 1 is 0.590 bits per heavy atom. The van der Waals surface area contributed by atoms with Crippen molar-refractivity contribution < 1.29 is 108 Å². The Morgan fingerprint density at radius 3 is 1.76 bits per heavy atom. The van der Waals surface area contributed by atoms with Crippen LogP contribution in [0.5, 0.6) is 5.75 Å². The van der Waals surface area contributed by atoms with Crippen molar-refractivity contribution in [3.63, 3.8) is 0 Å². The summed E-state index contributed by atoms with van der Waals surface area (Å²) in [5.41, 5.74) is 9.31. The minimum atomic E-state index is -1.91. The average molecular weight is 1740 g/mol. The molecule has 20 N–H and O–H groups in total. The maximum Gasteiger partial charge on any atom is 0.328 e. The molecule has 4 aromatic carbocycles. The van der Waals surface area contributed by atoms with Crippen molar-refractivity contribution in [2.24, 2.45) is 5.73 Å². The number of nitrogens with zero attached hydrogens (tertiary/aromatic N) is 7. The van der Waals surface area contributed by atoms with E-state index < -0.39 is 181 Å². The zero-order valence-electron chi connectivity index (χ0n) is 67.3. The highest BCUT2D eigenvalue weighted by atomic mass is 33.1. The number of phenolic OH excluding ortho intramolecular Hbond substituents is 1. The molecule has 122 heavy (non-hydrogen) atoms. The Morgan fingerprint density at radius 2 is 1.16 bits per heavy atom. The van der Waals surface area contributed by atoms with Gasteiger partial charge < -0.3 is 99.4 Å². The monoisotopic (exact) mass is 1730 g/mol. The van der Waals surface area contributed by atoms with Gasteiger partial charge in [-0.05, 0) is 86.5 Å². The Bertz CT molecular complexity index is 4530. The predicted octanol–water partition coefficient (Wildman–Crippen LogP) is -2.00. The molecule has 0 aliphatic carbocycles. The van der Waals surface area contributed by atoms with Crippen molar-refractivity contribution in [3.8, 4) is 17.0 Å². The lowest BCUT2D eigenvalue weighted by atomic mass is 10.0. The number of benzene rings is 4. The number of aromatic hydroxyl groups is 1. The Labute approximate surface area is 709 Å². The highest BCUT2D eigenvalue weighted by Gasteiger charge is 2.39. The van der Waals surface area contributed by atoms with E-state index in [-0.39, 0.29) is 123 Å². The topological polar surface area (TPSA) is 595 Å². The summed E-state index contributed by atoms with van der Waals surface area (Å²) >= 11 is 0. The van der Waals surface area contributed by atoms with Crippen molar-refractivity contribution in [3.05, 3.63) is 138 Å². The minimum absolute atomic E-state index is 0.0538. The molecule has 660 valence electrons. The van der Waals surface area contributed by atoms with Gasteiger partial charge >= 0.3 is 29.8 Å². The van der Waals surface area contributed by atoms with Gasteiger partial charge in [0.2, 0.25) is 53.2 Å². The van der Waals surface area contributed by atoms with Crippen LogP contribution in [0, 0.1) is 0 Å². The smallest absolute Gasteiger partial charge is 0.328 e. The summed E-state index contributed by atoms with van der Waals surface area (Å²) in [5, 5.41) is 114. The van der Waals surface area contributed by atoms with Crippen LogP contribution in [-0.4, -0.2) is 321 Å². The predicted molar refractivity (Wildman–Crippen MR) is 445 cm³/mol. The number of phenols is 1. The van der Waals surface area contributed by atoms with Crippen LogP contribution in [0.1, 0.15) is 80.7 Å². The molecule has 6 aromatic rings. The second kappa shape index (κ2) is 48.1. The number of aliphatic carboxylic acids is 5. The molecule has 42 heteroatoms. The molecule has 40 nitrogen and oxygen atoms in total. The van der Waals surface area contributed by atoms with E-state index in [4.69, 9.17) is 5.73 Å². The summed E-state index contributed by atoms with van der Waals surface area (Å²) in [4.78, 5) is 201. The van der Waals surface area contributed by atoms with E-state index in [1.807, 2.05) is 0 Å². The van der Waals surface area contributed by atoms with Gasteiger partial charge in [-0.25, -0.2) is 4.79 Å². The maximum atomic E-state index is 15.3. The number of carbonyl (C=O) groups is 14. The number of aliphatic hydroxyl groups excluding tert-OH is 2. The summed E-state index contributed by atoms with van der Waals surface area (Å²) in [6.07, 6.45) is -0.758. The lowest BCUT2D eigenvalue weighted by Crippen LogP contribution is -2.62. The molecule has 2 aliphatic heterocycles. The van der Waals surface area contributed by atoms with Crippen LogP contribution in [0.15, 0.2) is 116 Å². The molecule has 2 saturated heterocycles. The summed E-state index contributed by atoms with van der Waals surface area (Å²) in [7, 11) is 1.66. The van der Waals surface area contributed by atoms with Gasteiger partial charge in [0.15, 0.2) is 6.04 Å². The average Bonchev–Trinajstić information content (AvgIpc) is 1.52. The summed E-state index contributed by atoms with van der Waals surface area (Å²) in [6, 6.07) is 13.2. The van der Waals surface area contributed by atoms with E-state index in [1.54, 1.807) is 111 Å². The third-order valence-corrected chi connectivity index (χ3v) is 22.7. The second-order valence-electron chi connectivity index (χ2n) is 29.7. The molecule has 4 heterocycles. The number of amides is 9. The highest BCUT2D eigenvalue weighted by molar-refractivity contribution is 8.76. The molecule has 0 radical (unpaired) electrons. The number of aryl methyl sites for hydroxylation is 1. The zero-order chi connectivity index (χ0) is 88.5. The number of unbranched alkanes of at least 4 members (excludes halogenated alkanes) is 1.